The molecule has 0 aliphatic rings. The zero-order chi connectivity index (χ0) is 12.3. The minimum absolute atomic E-state index is 0.394. The Kier molecular flexibility index (Phi) is 3.00. The average molecular weight is 231 g/mol. The summed E-state index contributed by atoms with van der Waals surface area (Å²) in [5, 5.41) is 3.11. The predicted octanol–water partition coefficient (Wildman–Crippen LogP) is 1.57. The number of carbonyl (C=O) groups is 1. The molecule has 0 radical (unpaired) electrons. The van der Waals surface area contributed by atoms with Crippen LogP contribution < -0.4 is 16.8 Å². The first-order valence-electron chi connectivity index (χ1n) is 5.12. The minimum Gasteiger partial charge on any atom is -0.467 e. The Morgan fingerprint density at radius 1 is 1.35 bits per heavy atom. The molecule has 5 N–H and O–H groups in total. The number of nitrogens with one attached hydrogen (secondary N) is 1. The number of hydrogen-bond donors (Lipinski definition) is 3. The summed E-state index contributed by atoms with van der Waals surface area (Å²) in [6, 6.07) is 8.58. The molecule has 0 spiro atoms. The van der Waals surface area contributed by atoms with Crippen molar-refractivity contribution in [3.05, 3.63) is 47.9 Å². The highest BCUT2D eigenvalue weighted by molar-refractivity contribution is 5.94. The van der Waals surface area contributed by atoms with E-state index in [0.717, 1.165) is 11.4 Å². The molecule has 0 fully saturated rings. The number of primary amides is 1. The van der Waals surface area contributed by atoms with Gasteiger partial charge in [0, 0.05) is 5.56 Å². The third-order valence-electron chi connectivity index (χ3n) is 2.37. The SMILES string of the molecule is NC(=O)c1ccc(NCc2ccco2)c(N)c1. The van der Waals surface area contributed by atoms with Gasteiger partial charge in [0.2, 0.25) is 5.91 Å². The van der Waals surface area contributed by atoms with Crippen LogP contribution >= 0.6 is 0 Å². The summed E-state index contributed by atoms with van der Waals surface area (Å²) >= 11 is 0. The number of carbonyl (C=O) groups excluding carboxylic acids is 1. The molecule has 1 amide bonds. The highest BCUT2D eigenvalue weighted by Gasteiger charge is 2.05. The average Bonchev–Trinajstić information content (AvgIpc) is 2.80. The second kappa shape index (κ2) is 4.61. The van der Waals surface area contributed by atoms with E-state index in [-0.39, 0.29) is 0 Å². The normalized spacial score (nSPS) is 10.1. The molecule has 0 atom stereocenters. The van der Waals surface area contributed by atoms with Gasteiger partial charge in [-0.15, -0.1) is 0 Å². The molecular weight excluding hydrogens is 218 g/mol. The van der Waals surface area contributed by atoms with Crippen LogP contribution in [-0.4, -0.2) is 5.91 Å². The van der Waals surface area contributed by atoms with Crippen molar-refractivity contribution in [3.63, 3.8) is 0 Å². The number of benzene rings is 1. The Labute approximate surface area is 98.4 Å². The fourth-order valence-electron chi connectivity index (χ4n) is 1.47. The van der Waals surface area contributed by atoms with Crippen LogP contribution in [0.1, 0.15) is 16.1 Å². The maximum atomic E-state index is 10.9. The minimum atomic E-state index is -0.491. The van der Waals surface area contributed by atoms with Crippen LogP contribution in [0.2, 0.25) is 0 Å². The Bertz CT molecular complexity index is 521. The summed E-state index contributed by atoms with van der Waals surface area (Å²) in [6.45, 7) is 0.535. The molecule has 0 bridgehead atoms. The Hall–Kier alpha value is -2.43. The third kappa shape index (κ3) is 2.57. The van der Waals surface area contributed by atoms with E-state index in [1.807, 2.05) is 12.1 Å². The van der Waals surface area contributed by atoms with Gasteiger partial charge in [0.15, 0.2) is 0 Å². The van der Waals surface area contributed by atoms with Gasteiger partial charge in [-0.2, -0.15) is 0 Å². The number of rotatable bonds is 4. The lowest BCUT2D eigenvalue weighted by atomic mass is 10.1. The molecule has 0 unspecified atom stereocenters. The maximum absolute atomic E-state index is 10.9. The van der Waals surface area contributed by atoms with Crippen molar-refractivity contribution in [3.8, 4) is 0 Å². The van der Waals surface area contributed by atoms with Crippen molar-refractivity contribution >= 4 is 17.3 Å². The van der Waals surface area contributed by atoms with Crippen molar-refractivity contribution in [1.29, 1.82) is 0 Å². The first-order valence-corrected chi connectivity index (χ1v) is 5.12. The second-order valence-corrected chi connectivity index (χ2v) is 3.60. The van der Waals surface area contributed by atoms with Gasteiger partial charge in [-0.25, -0.2) is 0 Å². The van der Waals surface area contributed by atoms with Gasteiger partial charge in [-0.3, -0.25) is 4.79 Å². The number of hydrogen-bond acceptors (Lipinski definition) is 4. The monoisotopic (exact) mass is 231 g/mol. The molecule has 17 heavy (non-hydrogen) atoms. The highest BCUT2D eigenvalue weighted by Crippen LogP contribution is 2.20. The standard InChI is InChI=1S/C12H13N3O2/c13-10-6-8(12(14)16)3-4-11(10)15-7-9-2-1-5-17-9/h1-6,15H,7,13H2,(H2,14,16). The summed E-state index contributed by atoms with van der Waals surface area (Å²) in [5.41, 5.74) is 12.6. The van der Waals surface area contributed by atoms with Gasteiger partial charge in [0.25, 0.3) is 0 Å². The zero-order valence-corrected chi connectivity index (χ0v) is 9.14. The van der Waals surface area contributed by atoms with E-state index in [1.165, 1.54) is 0 Å². The Morgan fingerprint density at radius 3 is 2.76 bits per heavy atom. The summed E-state index contributed by atoms with van der Waals surface area (Å²) < 4.78 is 5.18. The summed E-state index contributed by atoms with van der Waals surface area (Å²) in [5.74, 6) is 0.317. The fraction of sp³-hybridized carbons (Fsp3) is 0.0833. The first-order chi connectivity index (χ1) is 8.16. The molecule has 0 saturated heterocycles. The van der Waals surface area contributed by atoms with Crippen LogP contribution in [0.4, 0.5) is 11.4 Å². The molecule has 2 aromatic rings. The van der Waals surface area contributed by atoms with Gasteiger partial charge >= 0.3 is 0 Å². The van der Waals surface area contributed by atoms with E-state index in [9.17, 15) is 4.79 Å². The predicted molar refractivity (Wildman–Crippen MR) is 65.4 cm³/mol. The Morgan fingerprint density at radius 2 is 2.18 bits per heavy atom. The lowest BCUT2D eigenvalue weighted by Gasteiger charge is -2.08. The molecule has 5 heteroatoms. The van der Waals surface area contributed by atoms with Crippen molar-refractivity contribution in [2.45, 2.75) is 6.54 Å². The highest BCUT2D eigenvalue weighted by atomic mass is 16.3. The quantitative estimate of drug-likeness (QED) is 0.696. The van der Waals surface area contributed by atoms with Crippen molar-refractivity contribution in [1.82, 2.24) is 0 Å². The smallest absolute Gasteiger partial charge is 0.248 e. The van der Waals surface area contributed by atoms with Crippen LogP contribution in [0.25, 0.3) is 0 Å². The van der Waals surface area contributed by atoms with Crippen molar-refractivity contribution in [2.75, 3.05) is 11.1 Å². The lowest BCUT2D eigenvalue weighted by molar-refractivity contribution is 0.100. The van der Waals surface area contributed by atoms with Crippen molar-refractivity contribution in [2.24, 2.45) is 5.73 Å². The number of nitrogen functional groups attached to an aromatic ring is 1. The molecule has 0 aliphatic carbocycles. The summed E-state index contributed by atoms with van der Waals surface area (Å²) in [6.07, 6.45) is 1.61. The van der Waals surface area contributed by atoms with Gasteiger partial charge in [-0.05, 0) is 30.3 Å². The molecular formula is C12H13N3O2. The second-order valence-electron chi connectivity index (χ2n) is 3.60. The Balaban J connectivity index is 2.09. The summed E-state index contributed by atoms with van der Waals surface area (Å²) in [4.78, 5) is 10.9. The van der Waals surface area contributed by atoms with Crippen LogP contribution in [0.5, 0.6) is 0 Å². The van der Waals surface area contributed by atoms with E-state index in [1.54, 1.807) is 24.5 Å². The lowest BCUT2D eigenvalue weighted by Crippen LogP contribution is -2.12. The molecule has 1 heterocycles. The molecule has 1 aromatic heterocycles. The molecule has 88 valence electrons. The molecule has 1 aromatic carbocycles. The van der Waals surface area contributed by atoms with Crippen LogP contribution in [-0.2, 0) is 6.54 Å². The van der Waals surface area contributed by atoms with Crippen LogP contribution in [0.3, 0.4) is 0 Å². The molecule has 5 nitrogen and oxygen atoms in total. The number of anilines is 2. The van der Waals surface area contributed by atoms with Crippen LogP contribution in [0, 0.1) is 0 Å². The topological polar surface area (TPSA) is 94.3 Å². The van der Waals surface area contributed by atoms with Gasteiger partial charge in [-0.1, -0.05) is 0 Å². The fourth-order valence-corrected chi connectivity index (χ4v) is 1.47. The van der Waals surface area contributed by atoms with Gasteiger partial charge in [0.1, 0.15) is 5.76 Å². The summed E-state index contributed by atoms with van der Waals surface area (Å²) in [7, 11) is 0. The van der Waals surface area contributed by atoms with E-state index in [2.05, 4.69) is 5.32 Å². The molecule has 0 saturated carbocycles. The van der Waals surface area contributed by atoms with E-state index >= 15 is 0 Å². The first kappa shape index (κ1) is 11.1. The third-order valence-corrected chi connectivity index (χ3v) is 2.37. The van der Waals surface area contributed by atoms with Gasteiger partial charge in [0.05, 0.1) is 24.2 Å². The number of furan rings is 1. The van der Waals surface area contributed by atoms with E-state index in [0.29, 0.717) is 17.8 Å². The largest absolute Gasteiger partial charge is 0.467 e. The number of amides is 1. The van der Waals surface area contributed by atoms with E-state index in [4.69, 9.17) is 15.9 Å². The van der Waals surface area contributed by atoms with Crippen molar-refractivity contribution < 1.29 is 9.21 Å². The molecule has 2 rings (SSSR count). The maximum Gasteiger partial charge on any atom is 0.248 e. The van der Waals surface area contributed by atoms with Crippen LogP contribution in [0.15, 0.2) is 41.0 Å². The van der Waals surface area contributed by atoms with E-state index < -0.39 is 5.91 Å². The zero-order valence-electron chi connectivity index (χ0n) is 9.14. The number of nitrogens with two attached hydrogens (primary N) is 2. The van der Waals surface area contributed by atoms with Gasteiger partial charge < -0.3 is 21.2 Å². The molecule has 0 aliphatic heterocycles.